The van der Waals surface area contributed by atoms with Gasteiger partial charge >= 0.3 is 0 Å². The maximum atomic E-state index is 11.3. The van der Waals surface area contributed by atoms with Gasteiger partial charge in [-0.25, -0.2) is 8.42 Å². The van der Waals surface area contributed by atoms with Crippen LogP contribution in [0.5, 0.6) is 0 Å². The van der Waals surface area contributed by atoms with Crippen LogP contribution in [0.3, 0.4) is 0 Å². The Labute approximate surface area is 84.2 Å². The van der Waals surface area contributed by atoms with Gasteiger partial charge in [0, 0.05) is 12.7 Å². The van der Waals surface area contributed by atoms with Crippen molar-refractivity contribution in [1.29, 1.82) is 0 Å². The van der Waals surface area contributed by atoms with E-state index in [0.29, 0.717) is 11.4 Å². The van der Waals surface area contributed by atoms with Crippen molar-refractivity contribution in [3.8, 4) is 0 Å². The van der Waals surface area contributed by atoms with Crippen molar-refractivity contribution < 1.29 is 8.42 Å². The third-order valence-corrected chi connectivity index (χ3v) is 3.21. The lowest BCUT2D eigenvalue weighted by Crippen LogP contribution is -2.14. The fourth-order valence-electron chi connectivity index (χ4n) is 1.02. The number of sulfonamides is 1. The van der Waals surface area contributed by atoms with Crippen LogP contribution in [0, 0.1) is 6.92 Å². The molecule has 0 spiro atoms. The summed E-state index contributed by atoms with van der Waals surface area (Å²) < 4.78 is 26.7. The maximum Gasteiger partial charge on any atom is 0.232 e. The largest absolute Gasteiger partial charge is 0.280 e. The highest BCUT2D eigenvalue weighted by Crippen LogP contribution is 2.13. The van der Waals surface area contributed by atoms with Crippen molar-refractivity contribution in [2.45, 2.75) is 27.3 Å². The van der Waals surface area contributed by atoms with E-state index >= 15 is 0 Å². The third kappa shape index (κ3) is 2.47. The van der Waals surface area contributed by atoms with E-state index in [1.54, 1.807) is 24.7 Å². The van der Waals surface area contributed by atoms with Gasteiger partial charge in [-0.1, -0.05) is 0 Å². The molecule has 1 rings (SSSR count). The molecule has 1 N–H and O–H groups in total. The highest BCUT2D eigenvalue weighted by molar-refractivity contribution is 7.92. The summed E-state index contributed by atoms with van der Waals surface area (Å²) in [7, 11) is -3.19. The minimum atomic E-state index is -3.19. The number of anilines is 1. The quantitative estimate of drug-likeness (QED) is 0.817. The molecule has 0 amide bonds. The van der Waals surface area contributed by atoms with Gasteiger partial charge in [0.25, 0.3) is 0 Å². The van der Waals surface area contributed by atoms with Crippen LogP contribution in [0.4, 0.5) is 5.69 Å². The van der Waals surface area contributed by atoms with Gasteiger partial charge in [0.05, 0.1) is 17.1 Å². The second-order valence-corrected chi connectivity index (χ2v) is 5.00. The molecule has 0 aromatic carbocycles. The number of nitrogens with one attached hydrogen (secondary N) is 1. The van der Waals surface area contributed by atoms with Crippen LogP contribution in [-0.4, -0.2) is 24.0 Å². The first kappa shape index (κ1) is 11.0. The van der Waals surface area contributed by atoms with Gasteiger partial charge in [0.2, 0.25) is 10.0 Å². The molecule has 80 valence electrons. The molecular formula is C8H15N3O2S. The first-order chi connectivity index (χ1) is 6.48. The molecule has 6 heteroatoms. The van der Waals surface area contributed by atoms with Gasteiger partial charge in [-0.3, -0.25) is 9.40 Å². The number of aromatic nitrogens is 2. The lowest BCUT2D eigenvalue weighted by Gasteiger charge is -2.02. The second-order valence-electron chi connectivity index (χ2n) is 2.99. The molecule has 0 aliphatic carbocycles. The van der Waals surface area contributed by atoms with Gasteiger partial charge in [0.15, 0.2) is 0 Å². The van der Waals surface area contributed by atoms with Crippen LogP contribution in [0.2, 0.25) is 0 Å². The molecule has 0 bridgehead atoms. The summed E-state index contributed by atoms with van der Waals surface area (Å²) in [5.74, 6) is 0.0732. The molecule has 1 heterocycles. The summed E-state index contributed by atoms with van der Waals surface area (Å²) in [5, 5.41) is 4.14. The Kier molecular flexibility index (Phi) is 3.15. The molecule has 1 aromatic heterocycles. The third-order valence-electron chi connectivity index (χ3n) is 1.92. The van der Waals surface area contributed by atoms with E-state index in [1.807, 2.05) is 6.92 Å². The van der Waals surface area contributed by atoms with Crippen LogP contribution >= 0.6 is 0 Å². The molecule has 0 radical (unpaired) electrons. The Bertz CT molecular complexity index is 408. The number of hydrogen-bond donors (Lipinski definition) is 1. The lowest BCUT2D eigenvalue weighted by atomic mass is 10.4. The Morgan fingerprint density at radius 3 is 2.57 bits per heavy atom. The van der Waals surface area contributed by atoms with E-state index in [9.17, 15) is 8.42 Å². The number of nitrogens with zero attached hydrogens (tertiary/aromatic N) is 2. The van der Waals surface area contributed by atoms with E-state index in [1.165, 1.54) is 0 Å². The highest BCUT2D eigenvalue weighted by atomic mass is 32.2. The lowest BCUT2D eigenvalue weighted by molar-refractivity contribution is 0.602. The van der Waals surface area contributed by atoms with Crippen LogP contribution in [0.25, 0.3) is 0 Å². The SMILES string of the molecule is CCn1cc(NS(=O)(=O)CC)c(C)n1. The van der Waals surface area contributed by atoms with Gasteiger partial charge < -0.3 is 0 Å². The Morgan fingerprint density at radius 1 is 1.50 bits per heavy atom. The first-order valence-electron chi connectivity index (χ1n) is 4.53. The monoisotopic (exact) mass is 217 g/mol. The summed E-state index contributed by atoms with van der Waals surface area (Å²) in [5.41, 5.74) is 1.26. The summed E-state index contributed by atoms with van der Waals surface area (Å²) in [6.07, 6.45) is 1.70. The fourth-order valence-corrected chi connectivity index (χ4v) is 1.70. The molecule has 14 heavy (non-hydrogen) atoms. The summed E-state index contributed by atoms with van der Waals surface area (Å²) in [6.45, 7) is 6.06. The Balaban J connectivity index is 2.92. The normalized spacial score (nSPS) is 11.6. The molecule has 0 aliphatic rings. The van der Waals surface area contributed by atoms with Gasteiger partial charge in [0.1, 0.15) is 0 Å². The predicted molar refractivity (Wildman–Crippen MR) is 55.7 cm³/mol. The number of aryl methyl sites for hydroxylation is 2. The molecule has 0 saturated carbocycles. The van der Waals surface area contributed by atoms with Crippen molar-refractivity contribution in [3.63, 3.8) is 0 Å². The fraction of sp³-hybridized carbons (Fsp3) is 0.625. The van der Waals surface area contributed by atoms with Crippen LogP contribution in [0.1, 0.15) is 19.5 Å². The van der Waals surface area contributed by atoms with Crippen molar-refractivity contribution >= 4 is 15.7 Å². The summed E-state index contributed by atoms with van der Waals surface area (Å²) in [4.78, 5) is 0. The van der Waals surface area contributed by atoms with Crippen LogP contribution in [0.15, 0.2) is 6.20 Å². The van der Waals surface area contributed by atoms with Crippen molar-refractivity contribution in [2.24, 2.45) is 0 Å². The molecule has 0 atom stereocenters. The van der Waals surface area contributed by atoms with E-state index in [2.05, 4.69) is 9.82 Å². The zero-order valence-corrected chi connectivity index (χ0v) is 9.43. The second kappa shape index (κ2) is 4.00. The summed E-state index contributed by atoms with van der Waals surface area (Å²) >= 11 is 0. The zero-order chi connectivity index (χ0) is 10.8. The van der Waals surface area contributed by atoms with Gasteiger partial charge in [-0.15, -0.1) is 0 Å². The average Bonchev–Trinajstić information content (AvgIpc) is 2.47. The zero-order valence-electron chi connectivity index (χ0n) is 8.61. The van der Waals surface area contributed by atoms with Crippen LogP contribution < -0.4 is 4.72 Å². The number of rotatable bonds is 4. The van der Waals surface area contributed by atoms with Crippen molar-refractivity contribution in [3.05, 3.63) is 11.9 Å². The van der Waals surface area contributed by atoms with Gasteiger partial charge in [-0.05, 0) is 20.8 Å². The van der Waals surface area contributed by atoms with Crippen molar-refractivity contribution in [1.82, 2.24) is 9.78 Å². The maximum absolute atomic E-state index is 11.3. The predicted octanol–water partition coefficient (Wildman–Crippen LogP) is 0.973. The molecule has 1 aromatic rings. The van der Waals surface area contributed by atoms with E-state index < -0.39 is 10.0 Å². The smallest absolute Gasteiger partial charge is 0.232 e. The molecule has 0 unspecified atom stereocenters. The minimum Gasteiger partial charge on any atom is -0.280 e. The highest BCUT2D eigenvalue weighted by Gasteiger charge is 2.11. The molecule has 0 saturated heterocycles. The van der Waals surface area contributed by atoms with E-state index in [-0.39, 0.29) is 5.75 Å². The topological polar surface area (TPSA) is 64.0 Å². The standard InChI is InChI=1S/C8H15N3O2S/c1-4-11-6-8(7(3)9-11)10-14(12,13)5-2/h6,10H,4-5H2,1-3H3. The molecule has 5 nitrogen and oxygen atoms in total. The Morgan fingerprint density at radius 2 is 2.14 bits per heavy atom. The van der Waals surface area contributed by atoms with E-state index in [4.69, 9.17) is 0 Å². The van der Waals surface area contributed by atoms with Crippen LogP contribution in [-0.2, 0) is 16.6 Å². The van der Waals surface area contributed by atoms with Gasteiger partial charge in [-0.2, -0.15) is 5.10 Å². The number of hydrogen-bond acceptors (Lipinski definition) is 3. The molecular weight excluding hydrogens is 202 g/mol. The Hall–Kier alpha value is -1.04. The molecule has 0 aliphatic heterocycles. The summed E-state index contributed by atoms with van der Waals surface area (Å²) in [6, 6.07) is 0. The first-order valence-corrected chi connectivity index (χ1v) is 6.18. The molecule has 0 fully saturated rings. The van der Waals surface area contributed by atoms with E-state index in [0.717, 1.165) is 6.54 Å². The van der Waals surface area contributed by atoms with Crippen molar-refractivity contribution in [2.75, 3.05) is 10.5 Å². The minimum absolute atomic E-state index is 0.0732. The average molecular weight is 217 g/mol.